The molecule has 4 rings (SSSR count). The Kier molecular flexibility index (Phi) is 11.8. The Balaban J connectivity index is 0.00000216. The van der Waals surface area contributed by atoms with E-state index in [1.54, 1.807) is 6.08 Å². The van der Waals surface area contributed by atoms with Crippen molar-refractivity contribution in [3.05, 3.63) is 94.8 Å². The predicted octanol–water partition coefficient (Wildman–Crippen LogP) is 6.66. The van der Waals surface area contributed by atoms with Crippen molar-refractivity contribution in [2.45, 2.75) is 66.4 Å². The highest BCUT2D eigenvalue weighted by atomic mass is 16.5. The Bertz CT molecular complexity index is 1280. The van der Waals surface area contributed by atoms with Crippen LogP contribution in [0, 0.1) is 12.8 Å². The number of ether oxygens (including phenoxy) is 1. The molecule has 0 saturated carbocycles. The Morgan fingerprint density at radius 1 is 1.05 bits per heavy atom. The molecule has 3 aromatic rings. The highest BCUT2D eigenvalue weighted by Gasteiger charge is 2.24. The highest BCUT2D eigenvalue weighted by Crippen LogP contribution is 2.30. The molecule has 0 bridgehead atoms. The van der Waals surface area contributed by atoms with Crippen molar-refractivity contribution in [1.82, 2.24) is 9.47 Å². The van der Waals surface area contributed by atoms with Gasteiger partial charge in [-0.3, -0.25) is 9.59 Å². The smallest absolute Gasteiger partial charge is 0.306 e. The Morgan fingerprint density at radius 3 is 2.48 bits per heavy atom. The fraction of sp³-hybridized carbons (Fsp3) is 0.412. The number of aryl methyl sites for hydroxylation is 2. The maximum atomic E-state index is 12.9. The maximum absolute atomic E-state index is 12.9. The molecule has 1 saturated heterocycles. The number of aromatic nitrogens is 1. The lowest BCUT2D eigenvalue weighted by molar-refractivity contribution is -0.144. The second-order valence-corrected chi connectivity index (χ2v) is 9.98. The van der Waals surface area contributed by atoms with Crippen LogP contribution in [0.3, 0.4) is 0 Å². The van der Waals surface area contributed by atoms with Crippen LogP contribution >= 0.6 is 0 Å². The molecular weight excluding hydrogens is 500 g/mol. The molecule has 0 spiro atoms. The lowest BCUT2D eigenvalue weighted by atomic mass is 9.93. The summed E-state index contributed by atoms with van der Waals surface area (Å²) in [6.07, 6.45) is 7.55. The molecule has 214 valence electrons. The number of amides is 1. The van der Waals surface area contributed by atoms with Crippen molar-refractivity contribution < 1.29 is 19.4 Å². The molecule has 1 amide bonds. The average molecular weight is 545 g/mol. The zero-order valence-electron chi connectivity index (χ0n) is 24.6. The maximum Gasteiger partial charge on any atom is 0.306 e. The van der Waals surface area contributed by atoms with E-state index in [1.165, 1.54) is 0 Å². The van der Waals surface area contributed by atoms with Crippen LogP contribution in [0.1, 0.15) is 81.0 Å². The van der Waals surface area contributed by atoms with Gasteiger partial charge in [0.25, 0.3) is 0 Å². The number of rotatable bonds is 9. The number of hydrogen-bond donors (Lipinski definition) is 1. The first-order valence-electron chi connectivity index (χ1n) is 14.6. The quantitative estimate of drug-likeness (QED) is 0.242. The number of piperidine rings is 1. The molecule has 0 aliphatic carbocycles. The van der Waals surface area contributed by atoms with E-state index in [9.17, 15) is 14.7 Å². The Labute approximate surface area is 239 Å². The van der Waals surface area contributed by atoms with Gasteiger partial charge >= 0.3 is 5.97 Å². The molecule has 1 fully saturated rings. The van der Waals surface area contributed by atoms with Crippen LogP contribution in [0.15, 0.2) is 66.9 Å². The lowest BCUT2D eigenvalue weighted by Gasteiger charge is -2.30. The topological polar surface area (TPSA) is 71.8 Å². The molecule has 1 aromatic heterocycles. The van der Waals surface area contributed by atoms with Crippen molar-refractivity contribution in [3.63, 3.8) is 0 Å². The van der Waals surface area contributed by atoms with Crippen LogP contribution < -0.4 is 0 Å². The summed E-state index contributed by atoms with van der Waals surface area (Å²) in [6.45, 7) is 11.6. The lowest BCUT2D eigenvalue weighted by Crippen LogP contribution is -2.38. The molecule has 40 heavy (non-hydrogen) atoms. The first-order chi connectivity index (χ1) is 19.4. The van der Waals surface area contributed by atoms with Crippen molar-refractivity contribution >= 4 is 18.0 Å². The summed E-state index contributed by atoms with van der Waals surface area (Å²) in [5.74, 6) is 0.0779. The van der Waals surface area contributed by atoms with Crippen molar-refractivity contribution in [3.8, 4) is 5.69 Å². The van der Waals surface area contributed by atoms with Gasteiger partial charge in [-0.2, -0.15) is 0 Å². The van der Waals surface area contributed by atoms with E-state index < -0.39 is 6.10 Å². The zero-order valence-corrected chi connectivity index (χ0v) is 24.6. The van der Waals surface area contributed by atoms with Crippen molar-refractivity contribution in [1.29, 1.82) is 0 Å². The summed E-state index contributed by atoms with van der Waals surface area (Å²) in [7, 11) is 0. The van der Waals surface area contributed by atoms with Crippen molar-refractivity contribution in [2.75, 3.05) is 19.7 Å². The predicted molar refractivity (Wildman–Crippen MR) is 161 cm³/mol. The second-order valence-electron chi connectivity index (χ2n) is 9.98. The van der Waals surface area contributed by atoms with Crippen LogP contribution in [-0.2, 0) is 20.7 Å². The van der Waals surface area contributed by atoms with Gasteiger partial charge in [0.2, 0.25) is 5.91 Å². The van der Waals surface area contributed by atoms with Gasteiger partial charge in [-0.25, -0.2) is 0 Å². The van der Waals surface area contributed by atoms with E-state index in [0.717, 1.165) is 52.9 Å². The average Bonchev–Trinajstić information content (AvgIpc) is 3.45. The summed E-state index contributed by atoms with van der Waals surface area (Å²) in [5, 5.41) is 11.4. The third-order valence-corrected chi connectivity index (χ3v) is 7.28. The van der Waals surface area contributed by atoms with Gasteiger partial charge in [0.05, 0.1) is 12.3 Å². The minimum Gasteiger partial charge on any atom is -0.466 e. The van der Waals surface area contributed by atoms with Gasteiger partial charge in [0.1, 0.15) is 6.10 Å². The van der Waals surface area contributed by atoms with E-state index in [1.807, 2.05) is 91.9 Å². The second kappa shape index (κ2) is 15.2. The third kappa shape index (κ3) is 7.95. The number of hydrogen-bond acceptors (Lipinski definition) is 4. The Morgan fingerprint density at radius 2 is 1.80 bits per heavy atom. The fourth-order valence-electron chi connectivity index (χ4n) is 5.11. The van der Waals surface area contributed by atoms with Crippen LogP contribution in [0.5, 0.6) is 0 Å². The summed E-state index contributed by atoms with van der Waals surface area (Å²) in [4.78, 5) is 26.6. The minimum absolute atomic E-state index is 0.0336. The van der Waals surface area contributed by atoms with E-state index in [-0.39, 0.29) is 17.8 Å². The van der Waals surface area contributed by atoms with E-state index >= 15 is 0 Å². The van der Waals surface area contributed by atoms with Crippen LogP contribution in [0.25, 0.3) is 11.8 Å². The van der Waals surface area contributed by atoms with Gasteiger partial charge in [0, 0.05) is 43.0 Å². The largest absolute Gasteiger partial charge is 0.466 e. The molecule has 2 heterocycles. The number of carbonyl (C=O) groups excluding carboxylic acids is 2. The molecule has 1 aliphatic heterocycles. The molecule has 6 nitrogen and oxygen atoms in total. The number of aliphatic hydroxyl groups excluding tert-OH is 1. The third-order valence-electron chi connectivity index (χ3n) is 7.28. The normalized spacial score (nSPS) is 14.5. The molecule has 1 atom stereocenters. The van der Waals surface area contributed by atoms with Crippen LogP contribution in [0.4, 0.5) is 0 Å². The number of nitrogens with zero attached hydrogens (tertiary/aromatic N) is 2. The molecule has 1 N–H and O–H groups in total. The minimum atomic E-state index is -0.770. The number of carbonyl (C=O) groups is 2. The van der Waals surface area contributed by atoms with Gasteiger partial charge in [-0.05, 0) is 74.4 Å². The number of benzene rings is 2. The monoisotopic (exact) mass is 544 g/mol. The first-order valence-corrected chi connectivity index (χ1v) is 14.6. The number of aliphatic hydroxyl groups is 1. The zero-order chi connectivity index (χ0) is 29.1. The molecule has 6 heteroatoms. The van der Waals surface area contributed by atoms with Crippen LogP contribution in [0.2, 0.25) is 0 Å². The summed E-state index contributed by atoms with van der Waals surface area (Å²) in [5.41, 5.74) is 5.68. The molecule has 1 aliphatic rings. The molecular formula is C34H44N2O4. The van der Waals surface area contributed by atoms with E-state index in [4.69, 9.17) is 4.74 Å². The standard InChI is InChI=1S/C32H38N2O4.C2H6/c1-4-24-11-13-29(28(21-24)32(37)26-9-6-8-23(3)20-26)34-17-7-10-27(34)12-14-30(35)33-18-15-25(16-19-33)22-31(36)38-5-2;1-2/h6-14,17,20-21,25,32,37H,4-5,15-16,18-19,22H2,1-3H3;1-2H3/b14-12+;. The van der Waals surface area contributed by atoms with Gasteiger partial charge in [-0.15, -0.1) is 0 Å². The first kappa shape index (κ1) is 30.9. The SMILES string of the molecule is CC.CCOC(=O)CC1CCN(C(=O)/C=C/c2cccn2-c2ccc(CC)cc2C(O)c2cccc(C)c2)CC1. The summed E-state index contributed by atoms with van der Waals surface area (Å²) < 4.78 is 7.08. The van der Waals surface area contributed by atoms with E-state index in [2.05, 4.69) is 19.1 Å². The van der Waals surface area contributed by atoms with Crippen molar-refractivity contribution in [2.24, 2.45) is 5.92 Å². The van der Waals surface area contributed by atoms with Gasteiger partial charge in [0.15, 0.2) is 0 Å². The number of esters is 1. The van der Waals surface area contributed by atoms with E-state index in [0.29, 0.717) is 26.1 Å². The highest BCUT2D eigenvalue weighted by molar-refractivity contribution is 5.91. The number of likely N-dealkylation sites (tertiary alicyclic amines) is 1. The Hall–Kier alpha value is -3.64. The molecule has 0 radical (unpaired) electrons. The van der Waals surface area contributed by atoms with Crippen LogP contribution in [-0.4, -0.2) is 46.1 Å². The summed E-state index contributed by atoms with van der Waals surface area (Å²) >= 11 is 0. The molecule has 1 unspecified atom stereocenters. The van der Waals surface area contributed by atoms with Gasteiger partial charge in [-0.1, -0.05) is 62.7 Å². The summed E-state index contributed by atoms with van der Waals surface area (Å²) in [6, 6.07) is 18.1. The fourth-order valence-corrected chi connectivity index (χ4v) is 5.11. The molecule has 2 aromatic carbocycles. The van der Waals surface area contributed by atoms with Gasteiger partial charge < -0.3 is 19.3 Å².